The van der Waals surface area contributed by atoms with Crippen LogP contribution in [0.2, 0.25) is 0 Å². The normalized spacial score (nSPS) is 21.5. The largest absolute Gasteiger partial charge is 0.461 e. The van der Waals surface area contributed by atoms with E-state index in [0.717, 1.165) is 25.7 Å². The van der Waals surface area contributed by atoms with Gasteiger partial charge in [0.05, 0.1) is 47.2 Å². The maximum absolute atomic E-state index is 15.4. The van der Waals surface area contributed by atoms with Crippen molar-refractivity contribution in [1.29, 1.82) is 0 Å². The molecular weight excluding hydrogens is 1090 g/mol. The number of ether oxygens (including phenoxy) is 6. The number of hydrogen-bond acceptors (Lipinski definition) is 19. The number of alkyl carbamates (subject to hydrolysis) is 1. The van der Waals surface area contributed by atoms with E-state index >= 15 is 4.39 Å². The molecule has 26 heteroatoms. The fourth-order valence-corrected chi connectivity index (χ4v) is 10.5. The fraction of sp³-hybridized carbons (Fsp3) is 0.509. The first-order valence-corrected chi connectivity index (χ1v) is 27.4. The number of aryl methyl sites for hydroxylation is 1. The minimum Gasteiger partial charge on any atom is -0.461 e. The van der Waals surface area contributed by atoms with Gasteiger partial charge in [-0.3, -0.25) is 24.0 Å². The lowest BCUT2D eigenvalue weighted by Crippen LogP contribution is -2.60. The highest BCUT2D eigenvalue weighted by Gasteiger charge is 2.47. The smallest absolute Gasteiger partial charge is 0.407 e. The number of nitrogens with one attached hydrogen (secondary N) is 5. The van der Waals surface area contributed by atoms with E-state index in [1.165, 1.54) is 28.8 Å². The molecule has 1 unspecified atom stereocenters. The van der Waals surface area contributed by atoms with Crippen LogP contribution in [0.5, 0.6) is 5.75 Å². The third-order valence-electron chi connectivity index (χ3n) is 15.1. The highest BCUT2D eigenvalue weighted by Crippen LogP contribution is 2.46. The Hall–Kier alpha value is -7.61. The van der Waals surface area contributed by atoms with E-state index in [4.69, 9.17) is 39.8 Å². The molecule has 5 heterocycles. The number of halogens is 1. The molecule has 1 saturated heterocycles. The topological polar surface area (TPSA) is 354 Å². The number of cyclic esters (lactones) is 1. The van der Waals surface area contributed by atoms with E-state index < -0.39 is 129 Å². The van der Waals surface area contributed by atoms with E-state index in [2.05, 4.69) is 39.4 Å². The lowest BCUT2D eigenvalue weighted by atomic mass is 9.81. The highest BCUT2D eigenvalue weighted by atomic mass is 19.1. The summed E-state index contributed by atoms with van der Waals surface area (Å²) < 4.78 is 49.6. The molecule has 0 bridgehead atoms. The zero-order valence-corrected chi connectivity index (χ0v) is 46.0. The molecule has 0 saturated carbocycles. The number of pyridine rings is 2. The van der Waals surface area contributed by atoms with Gasteiger partial charge in [0.2, 0.25) is 24.0 Å². The number of unbranched alkanes of at least 4 members (excludes halogenated alkanes) is 3. The van der Waals surface area contributed by atoms with Gasteiger partial charge in [0, 0.05) is 35.7 Å². The molecule has 83 heavy (non-hydrogen) atoms. The molecule has 0 radical (unpaired) electrons. The summed E-state index contributed by atoms with van der Waals surface area (Å²) in [4.78, 5) is 96.5. The number of amides is 5. The molecule has 3 aliphatic heterocycles. The van der Waals surface area contributed by atoms with Crippen LogP contribution in [-0.4, -0.2) is 154 Å². The number of aromatic nitrogens is 2. The summed E-state index contributed by atoms with van der Waals surface area (Å²) in [5.74, 6) is -1.52. The van der Waals surface area contributed by atoms with Gasteiger partial charge in [0.15, 0.2) is 5.60 Å². The Labute approximate surface area is 475 Å². The van der Waals surface area contributed by atoms with Crippen molar-refractivity contribution in [1.82, 2.24) is 36.1 Å². The van der Waals surface area contributed by atoms with Crippen LogP contribution < -0.4 is 36.9 Å². The summed E-state index contributed by atoms with van der Waals surface area (Å²) in [6.07, 6.45) is 0.993. The SMILES string of the molecule is C#CC(CCCCCC)OCC(=O)NCCNC(=O)c1cc(COC(=O)NCC(=O)NCOCC(=O)N[C@H]2CCc3c(C)c(F)cc4nc5c(c2c34)Cn2c-5cc3c(c2=O)COC(=O)[C@]3(O)CC)ccc1O[C@@H]1O[C@H](CO)[C@@H](O)[C@H](O)[C@H]1O. The third kappa shape index (κ3) is 13.6. The Kier molecular flexibility index (Phi) is 20.1. The Balaban J connectivity index is 0.831. The molecule has 4 aliphatic rings. The molecule has 8 rings (SSSR count). The van der Waals surface area contributed by atoms with E-state index in [9.17, 15) is 59.1 Å². The van der Waals surface area contributed by atoms with Gasteiger partial charge in [-0.2, -0.15) is 0 Å². The molecule has 2 aromatic heterocycles. The van der Waals surface area contributed by atoms with Crippen LogP contribution in [0, 0.1) is 25.1 Å². The lowest BCUT2D eigenvalue weighted by Gasteiger charge is -2.39. The summed E-state index contributed by atoms with van der Waals surface area (Å²) in [7, 11) is 0. The number of rotatable bonds is 25. The number of carbonyl (C=O) groups excluding carboxylic acids is 6. The molecule has 0 spiro atoms. The molecule has 2 aromatic carbocycles. The van der Waals surface area contributed by atoms with Crippen molar-refractivity contribution < 1.29 is 87.1 Å². The maximum Gasteiger partial charge on any atom is 0.407 e. The van der Waals surface area contributed by atoms with Crippen LogP contribution in [0.15, 0.2) is 35.1 Å². The van der Waals surface area contributed by atoms with Crippen molar-refractivity contribution in [2.75, 3.05) is 46.2 Å². The number of benzene rings is 2. The van der Waals surface area contributed by atoms with E-state index in [-0.39, 0.29) is 67.3 Å². The number of carbonyl (C=O) groups is 6. The molecule has 1 aliphatic carbocycles. The van der Waals surface area contributed by atoms with Crippen LogP contribution in [0.3, 0.4) is 0 Å². The van der Waals surface area contributed by atoms with Gasteiger partial charge in [-0.05, 0) is 79.5 Å². The van der Waals surface area contributed by atoms with Gasteiger partial charge in [0.25, 0.3) is 11.5 Å². The number of esters is 1. The zero-order valence-electron chi connectivity index (χ0n) is 46.0. The van der Waals surface area contributed by atoms with Gasteiger partial charge in [-0.1, -0.05) is 45.1 Å². The van der Waals surface area contributed by atoms with E-state index in [1.807, 2.05) is 0 Å². The molecule has 5 amide bonds. The average Bonchev–Trinajstić information content (AvgIpc) is 1.91. The first kappa shape index (κ1) is 61.5. The Morgan fingerprint density at radius 1 is 0.940 bits per heavy atom. The Bertz CT molecular complexity index is 3240. The summed E-state index contributed by atoms with van der Waals surface area (Å²) in [5, 5.41) is 65.8. The van der Waals surface area contributed by atoms with Crippen LogP contribution in [0.1, 0.15) is 114 Å². The molecule has 446 valence electrons. The second kappa shape index (κ2) is 27.2. The standard InChI is InChI=1S/C57H68FN7O18/c1-5-8-9-10-11-31(6-2)79-27-44(68)59-16-17-60-52(73)33-18-30(12-15-41(33)82-54-51(72)50(71)49(70)42(23-66)83-54)24-81-56(76)61-21-43(67)62-28-78-26-45(69)63-38-14-13-32-29(4)37(58)20-39-46(32)47(38)34-22-65-40(48(34)64-39)19-36-35(53(65)74)25-80-55(75)57(36,77)7-3/h2,12,15,18-20,31,38,42,49-51,54,66,70-72,77H,5,7-11,13-14,16-17,21-28H2,1,3-4H3,(H,59,68)(H,60,73)(H,61,76)(H,62,67)(H,63,69)/t31?,38-,42+,49+,50-,51+,54+,57-/m0/s1. The van der Waals surface area contributed by atoms with Crippen molar-refractivity contribution in [2.24, 2.45) is 0 Å². The van der Waals surface area contributed by atoms with Crippen molar-refractivity contribution in [3.63, 3.8) is 0 Å². The zero-order chi connectivity index (χ0) is 59.7. The second-order valence-corrected chi connectivity index (χ2v) is 20.6. The number of hydrogen-bond donors (Lipinski definition) is 10. The minimum atomic E-state index is -2.06. The number of fused-ring (bicyclic) bond motifs is 5. The predicted molar refractivity (Wildman–Crippen MR) is 289 cm³/mol. The summed E-state index contributed by atoms with van der Waals surface area (Å²) in [5.41, 5.74) is 1.09. The van der Waals surface area contributed by atoms with E-state index in [1.54, 1.807) is 19.9 Å². The van der Waals surface area contributed by atoms with Gasteiger partial charge >= 0.3 is 12.1 Å². The molecule has 4 aromatic rings. The van der Waals surface area contributed by atoms with Crippen molar-refractivity contribution in [3.8, 4) is 29.5 Å². The monoisotopic (exact) mass is 1160 g/mol. The van der Waals surface area contributed by atoms with Gasteiger partial charge < -0.3 is 85.1 Å². The Morgan fingerprint density at radius 3 is 2.47 bits per heavy atom. The molecule has 10 N–H and O–H groups in total. The summed E-state index contributed by atoms with van der Waals surface area (Å²) in [6, 6.07) is 6.18. The van der Waals surface area contributed by atoms with Crippen LogP contribution in [0.4, 0.5) is 9.18 Å². The number of terminal acetylenes is 1. The van der Waals surface area contributed by atoms with Crippen LogP contribution in [-0.2, 0) is 74.6 Å². The fourth-order valence-electron chi connectivity index (χ4n) is 10.5. The summed E-state index contributed by atoms with van der Waals surface area (Å²) in [6.45, 7) is 1.93. The van der Waals surface area contributed by atoms with E-state index in [0.29, 0.717) is 63.8 Å². The van der Waals surface area contributed by atoms with Gasteiger partial charge in [0.1, 0.15) is 81.8 Å². The minimum absolute atomic E-state index is 0.0223. The maximum atomic E-state index is 15.4. The Morgan fingerprint density at radius 2 is 1.72 bits per heavy atom. The van der Waals surface area contributed by atoms with Gasteiger partial charge in [-0.25, -0.2) is 19.0 Å². The van der Waals surface area contributed by atoms with Crippen molar-refractivity contribution in [2.45, 2.75) is 140 Å². The number of nitrogens with zero attached hydrogens (tertiary/aromatic N) is 2. The molecule has 25 nitrogen and oxygen atoms in total. The second-order valence-electron chi connectivity index (χ2n) is 20.6. The van der Waals surface area contributed by atoms with Crippen LogP contribution >= 0.6 is 0 Å². The summed E-state index contributed by atoms with van der Waals surface area (Å²) >= 11 is 0. The predicted octanol–water partition coefficient (Wildman–Crippen LogP) is 0.661. The first-order chi connectivity index (χ1) is 39.8. The quantitative estimate of drug-likeness (QED) is 0.0166. The highest BCUT2D eigenvalue weighted by molar-refractivity contribution is 5.97. The van der Waals surface area contributed by atoms with Crippen molar-refractivity contribution in [3.05, 3.63) is 91.0 Å². The number of aliphatic hydroxyl groups is 5. The molecule has 8 atom stereocenters. The van der Waals surface area contributed by atoms with Gasteiger partial charge in [-0.15, -0.1) is 6.42 Å². The number of aliphatic hydroxyl groups excluding tert-OH is 4. The molecule has 1 fully saturated rings. The van der Waals surface area contributed by atoms with Crippen LogP contribution in [0.25, 0.3) is 22.3 Å². The molecular formula is C57H68FN7O18. The van der Waals surface area contributed by atoms with Crippen molar-refractivity contribution >= 4 is 46.6 Å². The third-order valence-corrected chi connectivity index (χ3v) is 15.1. The lowest BCUT2D eigenvalue weighted by molar-refractivity contribution is -0.277. The average molecular weight is 1160 g/mol. The first-order valence-electron chi connectivity index (χ1n) is 27.4.